The molecule has 29 heavy (non-hydrogen) atoms. The summed E-state index contributed by atoms with van der Waals surface area (Å²) in [4.78, 5) is 28.5. The minimum atomic E-state index is -0.0985. The minimum absolute atomic E-state index is 0.0493. The Morgan fingerprint density at radius 1 is 1.14 bits per heavy atom. The number of benzene rings is 1. The van der Waals surface area contributed by atoms with Gasteiger partial charge in [0.2, 0.25) is 5.91 Å². The number of hydrogen-bond donors (Lipinski definition) is 1. The van der Waals surface area contributed by atoms with Crippen LogP contribution in [-0.2, 0) is 18.3 Å². The number of carbonyl (C=O) groups is 2. The van der Waals surface area contributed by atoms with Gasteiger partial charge in [0.1, 0.15) is 5.52 Å². The van der Waals surface area contributed by atoms with Crippen molar-refractivity contribution in [1.29, 1.82) is 0 Å². The fourth-order valence-electron chi connectivity index (χ4n) is 3.28. The molecule has 0 spiro atoms. The van der Waals surface area contributed by atoms with Crippen molar-refractivity contribution in [3.05, 3.63) is 40.7 Å². The first-order valence-electron chi connectivity index (χ1n) is 9.57. The van der Waals surface area contributed by atoms with Crippen molar-refractivity contribution in [2.24, 2.45) is 7.05 Å². The molecule has 0 unspecified atom stereocenters. The molecule has 0 aliphatic carbocycles. The first kappa shape index (κ1) is 20.5. The number of nitrogens with zero attached hydrogens (tertiary/aromatic N) is 6. The Balaban J connectivity index is 1.53. The summed E-state index contributed by atoms with van der Waals surface area (Å²) in [5, 5.41) is 15.1. The van der Waals surface area contributed by atoms with Crippen molar-refractivity contribution in [3.8, 4) is 0 Å². The number of nitrogens with one attached hydrogen (secondary N) is 1. The summed E-state index contributed by atoms with van der Waals surface area (Å²) < 4.78 is 1.64. The first-order valence-corrected chi connectivity index (χ1v) is 9.57. The second kappa shape index (κ2) is 8.42. The van der Waals surface area contributed by atoms with E-state index in [-0.39, 0.29) is 11.8 Å². The molecule has 2 amide bonds. The van der Waals surface area contributed by atoms with E-state index in [0.717, 1.165) is 28.0 Å². The molecule has 3 rings (SSSR count). The highest BCUT2D eigenvalue weighted by molar-refractivity contribution is 5.97. The highest BCUT2D eigenvalue weighted by Gasteiger charge is 2.16. The second-order valence-corrected chi connectivity index (χ2v) is 7.37. The third-order valence-corrected chi connectivity index (χ3v) is 5.27. The number of likely N-dealkylation sites (N-methyl/N-ethyl adjacent to an activating group) is 2. The van der Waals surface area contributed by atoms with Gasteiger partial charge < -0.3 is 9.80 Å². The fraction of sp³-hybridized carbons (Fsp3) is 0.450. The lowest BCUT2D eigenvalue weighted by Gasteiger charge is -2.22. The molecule has 3 aromatic rings. The van der Waals surface area contributed by atoms with E-state index in [1.165, 1.54) is 0 Å². The molecule has 2 aromatic heterocycles. The zero-order chi connectivity index (χ0) is 21.1. The van der Waals surface area contributed by atoms with Crippen LogP contribution in [-0.4, -0.2) is 74.0 Å². The normalized spacial score (nSPS) is 11.1. The number of aromatic nitrogens is 5. The molecule has 0 radical (unpaired) electrons. The van der Waals surface area contributed by atoms with Crippen LogP contribution < -0.4 is 0 Å². The predicted octanol–water partition coefficient (Wildman–Crippen LogP) is 1.47. The monoisotopic (exact) mass is 397 g/mol. The molecule has 0 aliphatic heterocycles. The Morgan fingerprint density at radius 3 is 2.55 bits per heavy atom. The van der Waals surface area contributed by atoms with E-state index in [2.05, 4.69) is 20.5 Å². The predicted molar refractivity (Wildman–Crippen MR) is 109 cm³/mol. The quantitative estimate of drug-likeness (QED) is 0.651. The van der Waals surface area contributed by atoms with Crippen LogP contribution >= 0.6 is 0 Å². The number of carbonyl (C=O) groups excluding carboxylic acids is 2. The zero-order valence-corrected chi connectivity index (χ0v) is 17.6. The van der Waals surface area contributed by atoms with Crippen LogP contribution in [0.25, 0.3) is 11.0 Å². The van der Waals surface area contributed by atoms with Crippen LogP contribution in [0.1, 0.15) is 33.7 Å². The lowest BCUT2D eigenvalue weighted by atomic mass is 10.1. The lowest BCUT2D eigenvalue weighted by Crippen LogP contribution is -2.37. The Kier molecular flexibility index (Phi) is 5.95. The molecule has 0 saturated heterocycles. The number of aryl methyl sites for hydroxylation is 3. The Morgan fingerprint density at radius 2 is 1.86 bits per heavy atom. The van der Waals surface area contributed by atoms with Gasteiger partial charge in [-0.15, -0.1) is 5.10 Å². The number of H-pyrrole nitrogens is 1. The van der Waals surface area contributed by atoms with Gasteiger partial charge in [0, 0.05) is 51.9 Å². The first-order chi connectivity index (χ1) is 13.8. The Labute approximate surface area is 169 Å². The summed E-state index contributed by atoms with van der Waals surface area (Å²) in [6.07, 6.45) is 1.07. The third-order valence-electron chi connectivity index (χ3n) is 5.27. The Bertz CT molecular complexity index is 1020. The van der Waals surface area contributed by atoms with E-state index in [1.54, 1.807) is 53.8 Å². The second-order valence-electron chi connectivity index (χ2n) is 7.37. The highest BCUT2D eigenvalue weighted by Crippen LogP contribution is 2.15. The molecule has 1 aromatic carbocycles. The Hall–Kier alpha value is -3.23. The summed E-state index contributed by atoms with van der Waals surface area (Å²) in [5.74, 6) is -0.0492. The third kappa shape index (κ3) is 4.44. The molecular weight excluding hydrogens is 370 g/mol. The van der Waals surface area contributed by atoms with Crippen molar-refractivity contribution in [3.63, 3.8) is 0 Å². The van der Waals surface area contributed by atoms with Crippen LogP contribution in [0, 0.1) is 13.8 Å². The van der Waals surface area contributed by atoms with Crippen LogP contribution in [0.2, 0.25) is 0 Å². The molecule has 0 fully saturated rings. The fourth-order valence-corrected chi connectivity index (χ4v) is 3.28. The maximum atomic E-state index is 12.7. The summed E-state index contributed by atoms with van der Waals surface area (Å²) in [6, 6.07) is 5.33. The molecule has 9 heteroatoms. The van der Waals surface area contributed by atoms with Gasteiger partial charge in [-0.25, -0.2) is 4.68 Å². The van der Waals surface area contributed by atoms with Gasteiger partial charge in [-0.2, -0.15) is 5.10 Å². The van der Waals surface area contributed by atoms with Crippen molar-refractivity contribution in [2.75, 3.05) is 27.2 Å². The summed E-state index contributed by atoms with van der Waals surface area (Å²) in [7, 11) is 5.30. The van der Waals surface area contributed by atoms with Crippen LogP contribution in [0.4, 0.5) is 0 Å². The van der Waals surface area contributed by atoms with Gasteiger partial charge in [-0.05, 0) is 44.0 Å². The zero-order valence-electron chi connectivity index (χ0n) is 17.6. The van der Waals surface area contributed by atoms with Crippen LogP contribution in [0.3, 0.4) is 0 Å². The maximum absolute atomic E-state index is 12.7. The molecule has 0 aliphatic rings. The van der Waals surface area contributed by atoms with E-state index < -0.39 is 0 Å². The standard InChI is InChI=1S/C20H27N7O2/c1-13-16(14(2)22-21-13)7-9-19(28)25(3)10-11-26(4)20(29)15-6-8-17-18(12-15)27(5)24-23-17/h6,8,12H,7,9-11H2,1-5H3,(H,21,22). The maximum Gasteiger partial charge on any atom is 0.253 e. The summed E-state index contributed by atoms with van der Waals surface area (Å²) in [5.41, 5.74) is 5.17. The van der Waals surface area contributed by atoms with E-state index in [0.29, 0.717) is 31.5 Å². The van der Waals surface area contributed by atoms with E-state index >= 15 is 0 Å². The van der Waals surface area contributed by atoms with Crippen molar-refractivity contribution >= 4 is 22.8 Å². The molecule has 154 valence electrons. The van der Waals surface area contributed by atoms with Gasteiger partial charge in [-0.1, -0.05) is 5.21 Å². The minimum Gasteiger partial charge on any atom is -0.344 e. The highest BCUT2D eigenvalue weighted by atomic mass is 16.2. The molecule has 1 N–H and O–H groups in total. The molecule has 0 bridgehead atoms. The van der Waals surface area contributed by atoms with E-state index in [9.17, 15) is 9.59 Å². The smallest absolute Gasteiger partial charge is 0.253 e. The number of fused-ring (bicyclic) bond motifs is 1. The number of hydrogen-bond acceptors (Lipinski definition) is 5. The van der Waals surface area contributed by atoms with Gasteiger partial charge in [0.15, 0.2) is 0 Å². The molecule has 2 heterocycles. The van der Waals surface area contributed by atoms with Crippen LogP contribution in [0.5, 0.6) is 0 Å². The SMILES string of the molecule is Cc1n[nH]c(C)c1CCC(=O)N(C)CCN(C)C(=O)c1ccc2nnn(C)c2c1. The molecule has 0 saturated carbocycles. The van der Waals surface area contributed by atoms with Gasteiger partial charge in [-0.3, -0.25) is 14.7 Å². The summed E-state index contributed by atoms with van der Waals surface area (Å²) >= 11 is 0. The van der Waals surface area contributed by atoms with Crippen molar-refractivity contribution < 1.29 is 9.59 Å². The van der Waals surface area contributed by atoms with Crippen LogP contribution in [0.15, 0.2) is 18.2 Å². The van der Waals surface area contributed by atoms with Gasteiger partial charge >= 0.3 is 0 Å². The summed E-state index contributed by atoms with van der Waals surface area (Å²) in [6.45, 7) is 4.82. The molecule has 0 atom stereocenters. The molecule has 9 nitrogen and oxygen atoms in total. The van der Waals surface area contributed by atoms with Gasteiger partial charge in [0.25, 0.3) is 5.91 Å². The number of amides is 2. The largest absolute Gasteiger partial charge is 0.344 e. The number of aromatic amines is 1. The topological polar surface area (TPSA) is 100 Å². The van der Waals surface area contributed by atoms with Crippen molar-refractivity contribution in [2.45, 2.75) is 26.7 Å². The average molecular weight is 397 g/mol. The van der Waals surface area contributed by atoms with E-state index in [1.807, 2.05) is 13.8 Å². The van der Waals surface area contributed by atoms with E-state index in [4.69, 9.17) is 0 Å². The molecular formula is C20H27N7O2. The van der Waals surface area contributed by atoms with Gasteiger partial charge in [0.05, 0.1) is 11.2 Å². The lowest BCUT2D eigenvalue weighted by molar-refractivity contribution is -0.130. The van der Waals surface area contributed by atoms with Crippen molar-refractivity contribution in [1.82, 2.24) is 35.0 Å². The number of rotatable bonds is 7. The average Bonchev–Trinajstić information content (AvgIpc) is 3.24.